The van der Waals surface area contributed by atoms with Crippen molar-refractivity contribution in [2.24, 2.45) is 0 Å². The first kappa shape index (κ1) is 26.4. The summed E-state index contributed by atoms with van der Waals surface area (Å²) in [7, 11) is 0. The molecular weight excluding hydrogens is 494 g/mol. The van der Waals surface area contributed by atoms with Crippen LogP contribution in [0.25, 0.3) is 10.8 Å². The number of hydrogen-bond acceptors (Lipinski definition) is 4. The van der Waals surface area contributed by atoms with E-state index in [1.165, 1.54) is 16.7 Å². The van der Waals surface area contributed by atoms with Crippen LogP contribution in [-0.4, -0.2) is 49.0 Å². The second-order valence-corrected chi connectivity index (χ2v) is 10.4. The van der Waals surface area contributed by atoms with Gasteiger partial charge in [-0.1, -0.05) is 127 Å². The number of fused-ring (bicyclic) bond motifs is 1. The van der Waals surface area contributed by atoms with Gasteiger partial charge in [-0.15, -0.1) is 0 Å². The maximum Gasteiger partial charge on any atom is 0.102 e. The maximum atomic E-state index is 10.9. The molecule has 1 heterocycles. The SMILES string of the molecule is OC(COCC1CN(C(c2ccccc2)(c2ccccc2)c2ccccc2)CCO1)c1ccc2ccccc2c1. The smallest absolute Gasteiger partial charge is 0.102 e. The number of morpholine rings is 1. The highest BCUT2D eigenvalue weighted by Gasteiger charge is 2.44. The van der Waals surface area contributed by atoms with Crippen LogP contribution in [0.1, 0.15) is 28.4 Å². The second-order valence-electron chi connectivity index (χ2n) is 10.4. The van der Waals surface area contributed by atoms with Crippen LogP contribution < -0.4 is 0 Å². The van der Waals surface area contributed by atoms with E-state index in [4.69, 9.17) is 9.47 Å². The van der Waals surface area contributed by atoms with Gasteiger partial charge in [0.2, 0.25) is 0 Å². The average Bonchev–Trinajstić information content (AvgIpc) is 3.03. The Morgan fingerprint density at radius 1 is 0.725 bits per heavy atom. The molecule has 0 amide bonds. The predicted octanol–water partition coefficient (Wildman–Crippen LogP) is 6.58. The molecule has 0 aromatic heterocycles. The van der Waals surface area contributed by atoms with Gasteiger partial charge in [-0.25, -0.2) is 0 Å². The van der Waals surface area contributed by atoms with E-state index >= 15 is 0 Å². The van der Waals surface area contributed by atoms with Crippen LogP contribution in [0, 0.1) is 0 Å². The van der Waals surface area contributed by atoms with E-state index in [0.717, 1.165) is 22.9 Å². The first-order valence-electron chi connectivity index (χ1n) is 14.0. The Morgan fingerprint density at radius 2 is 1.27 bits per heavy atom. The number of nitrogens with zero attached hydrogens (tertiary/aromatic N) is 1. The fourth-order valence-corrected chi connectivity index (χ4v) is 6.03. The molecule has 40 heavy (non-hydrogen) atoms. The molecule has 6 rings (SSSR count). The number of ether oxygens (including phenoxy) is 2. The largest absolute Gasteiger partial charge is 0.386 e. The van der Waals surface area contributed by atoms with Crippen LogP contribution in [-0.2, 0) is 15.0 Å². The summed E-state index contributed by atoms with van der Waals surface area (Å²) in [4.78, 5) is 2.53. The molecule has 1 aliphatic heterocycles. The van der Waals surface area contributed by atoms with E-state index in [0.29, 0.717) is 19.8 Å². The normalized spacial score (nSPS) is 17.1. The molecule has 5 aromatic carbocycles. The summed E-state index contributed by atoms with van der Waals surface area (Å²) in [5.41, 5.74) is 4.05. The lowest BCUT2D eigenvalue weighted by molar-refractivity contribution is -0.0946. The zero-order valence-electron chi connectivity index (χ0n) is 22.6. The minimum absolute atomic E-state index is 0.118. The van der Waals surface area contributed by atoms with Gasteiger partial charge in [0.05, 0.1) is 31.5 Å². The lowest BCUT2D eigenvalue weighted by Crippen LogP contribution is -2.56. The molecule has 4 nitrogen and oxygen atoms in total. The van der Waals surface area contributed by atoms with Crippen molar-refractivity contribution in [3.63, 3.8) is 0 Å². The van der Waals surface area contributed by atoms with E-state index < -0.39 is 11.6 Å². The van der Waals surface area contributed by atoms with Gasteiger partial charge in [-0.05, 0) is 39.1 Å². The van der Waals surface area contributed by atoms with Gasteiger partial charge in [0, 0.05) is 13.1 Å². The van der Waals surface area contributed by atoms with Crippen molar-refractivity contribution in [1.82, 2.24) is 4.90 Å². The van der Waals surface area contributed by atoms with Crippen LogP contribution >= 0.6 is 0 Å². The molecule has 5 aromatic rings. The topological polar surface area (TPSA) is 41.9 Å². The summed E-state index contributed by atoms with van der Waals surface area (Å²) in [6.07, 6.45) is -0.811. The molecule has 0 saturated carbocycles. The summed E-state index contributed by atoms with van der Waals surface area (Å²) >= 11 is 0. The van der Waals surface area contributed by atoms with Gasteiger partial charge in [0.1, 0.15) is 6.10 Å². The summed E-state index contributed by atoms with van der Waals surface area (Å²) < 4.78 is 12.3. The highest BCUT2D eigenvalue weighted by Crippen LogP contribution is 2.43. The quantitative estimate of drug-likeness (QED) is 0.219. The minimum Gasteiger partial charge on any atom is -0.386 e. The minimum atomic E-state index is -0.693. The van der Waals surface area contributed by atoms with E-state index in [1.54, 1.807) is 0 Å². The summed E-state index contributed by atoms with van der Waals surface area (Å²) in [6.45, 7) is 2.73. The Labute approximate surface area is 236 Å². The lowest BCUT2D eigenvalue weighted by Gasteiger charge is -2.48. The molecule has 2 atom stereocenters. The molecule has 0 aliphatic carbocycles. The van der Waals surface area contributed by atoms with Gasteiger partial charge in [0.15, 0.2) is 0 Å². The van der Waals surface area contributed by atoms with Crippen LogP contribution in [0.5, 0.6) is 0 Å². The standard InChI is InChI=1S/C36H35NO3/c38-35(30-21-20-28-12-10-11-13-29(28)24-30)27-39-26-34-25-37(22-23-40-34)36(31-14-4-1-5-15-31,32-16-6-2-7-17-32)33-18-8-3-9-19-33/h1-21,24,34-35,38H,22-23,25-27H2. The van der Waals surface area contributed by atoms with Gasteiger partial charge in [-0.2, -0.15) is 0 Å². The van der Waals surface area contributed by atoms with Crippen LogP contribution in [0.4, 0.5) is 0 Å². The summed E-state index contributed by atoms with van der Waals surface area (Å²) in [6, 6.07) is 46.5. The van der Waals surface area contributed by atoms with Gasteiger partial charge in [-0.3, -0.25) is 4.90 Å². The van der Waals surface area contributed by atoms with Crippen molar-refractivity contribution in [2.45, 2.75) is 17.7 Å². The Kier molecular flexibility index (Phi) is 8.03. The number of benzene rings is 5. The molecule has 1 fully saturated rings. The Balaban J connectivity index is 1.23. The number of aliphatic hydroxyl groups is 1. The maximum absolute atomic E-state index is 10.9. The Bertz CT molecular complexity index is 1410. The van der Waals surface area contributed by atoms with Gasteiger partial charge < -0.3 is 14.6 Å². The van der Waals surface area contributed by atoms with Crippen molar-refractivity contribution in [3.8, 4) is 0 Å². The first-order chi connectivity index (χ1) is 19.7. The molecular formula is C36H35NO3. The summed E-state index contributed by atoms with van der Waals surface area (Å²) in [5.74, 6) is 0. The average molecular weight is 530 g/mol. The van der Waals surface area contributed by atoms with Crippen molar-refractivity contribution in [1.29, 1.82) is 0 Å². The molecule has 4 heteroatoms. The Hall–Kier alpha value is -3.80. The van der Waals surface area contributed by atoms with Crippen molar-refractivity contribution in [3.05, 3.63) is 156 Å². The molecule has 202 valence electrons. The zero-order chi connectivity index (χ0) is 27.2. The molecule has 1 N–H and O–H groups in total. The van der Waals surface area contributed by atoms with E-state index in [-0.39, 0.29) is 12.7 Å². The predicted molar refractivity (Wildman–Crippen MR) is 160 cm³/mol. The van der Waals surface area contributed by atoms with Crippen LogP contribution in [0.2, 0.25) is 0 Å². The molecule has 0 spiro atoms. The third kappa shape index (κ3) is 5.32. The van der Waals surface area contributed by atoms with Crippen molar-refractivity contribution >= 4 is 10.8 Å². The van der Waals surface area contributed by atoms with Crippen LogP contribution in [0.3, 0.4) is 0 Å². The number of rotatable bonds is 9. The molecule has 2 unspecified atom stereocenters. The fraction of sp³-hybridized carbons (Fsp3) is 0.222. The fourth-order valence-electron chi connectivity index (χ4n) is 6.03. The molecule has 0 bridgehead atoms. The monoisotopic (exact) mass is 529 g/mol. The summed E-state index contributed by atoms with van der Waals surface area (Å²) in [5, 5.41) is 13.1. The van der Waals surface area contributed by atoms with Crippen molar-refractivity contribution in [2.75, 3.05) is 32.9 Å². The highest BCUT2D eigenvalue weighted by molar-refractivity contribution is 5.83. The van der Waals surface area contributed by atoms with E-state index in [1.807, 2.05) is 30.3 Å². The van der Waals surface area contributed by atoms with Crippen LogP contribution in [0.15, 0.2) is 133 Å². The third-order valence-corrected chi connectivity index (χ3v) is 7.93. The first-order valence-corrected chi connectivity index (χ1v) is 14.0. The van der Waals surface area contributed by atoms with E-state index in [9.17, 15) is 5.11 Å². The third-order valence-electron chi connectivity index (χ3n) is 7.93. The van der Waals surface area contributed by atoms with E-state index in [2.05, 4.69) is 108 Å². The lowest BCUT2D eigenvalue weighted by atomic mass is 9.75. The highest BCUT2D eigenvalue weighted by atomic mass is 16.5. The Morgan fingerprint density at radius 3 is 1.88 bits per heavy atom. The number of aliphatic hydroxyl groups excluding tert-OH is 1. The number of hydrogen-bond donors (Lipinski definition) is 1. The molecule has 0 radical (unpaired) electrons. The second kappa shape index (κ2) is 12.2. The zero-order valence-corrected chi connectivity index (χ0v) is 22.6. The van der Waals surface area contributed by atoms with Gasteiger partial charge >= 0.3 is 0 Å². The molecule has 1 aliphatic rings. The van der Waals surface area contributed by atoms with Crippen molar-refractivity contribution < 1.29 is 14.6 Å². The van der Waals surface area contributed by atoms with Gasteiger partial charge in [0.25, 0.3) is 0 Å². The molecule has 1 saturated heterocycles.